The highest BCUT2D eigenvalue weighted by Gasteiger charge is 2.34. The van der Waals surface area contributed by atoms with Crippen molar-refractivity contribution in [2.45, 2.75) is 6.92 Å². The Morgan fingerprint density at radius 3 is 2.57 bits per heavy atom. The minimum absolute atomic E-state index is 0.198. The predicted octanol–water partition coefficient (Wildman–Crippen LogP) is 3.14. The average Bonchev–Trinajstić information content (AvgIpc) is 2.79. The van der Waals surface area contributed by atoms with Crippen LogP contribution in [0.25, 0.3) is 16.8 Å². The van der Waals surface area contributed by atoms with Crippen molar-refractivity contribution in [3.8, 4) is 0 Å². The molecule has 1 amide bonds. The van der Waals surface area contributed by atoms with Crippen LogP contribution in [0.3, 0.4) is 0 Å². The summed E-state index contributed by atoms with van der Waals surface area (Å²) in [7, 11) is 2.98. The van der Waals surface area contributed by atoms with Crippen LogP contribution >= 0.6 is 0 Å². The number of nitrogens with zero attached hydrogens (tertiary/aromatic N) is 1. The van der Waals surface area contributed by atoms with Crippen LogP contribution in [0.15, 0.2) is 59.3 Å². The Kier molecular flexibility index (Phi) is 3.74. The number of ether oxygens (including phenoxy) is 1. The number of allylic oxidation sites excluding steroid dienone is 1. The summed E-state index contributed by atoms with van der Waals surface area (Å²) in [4.78, 5) is 26.1. The van der Waals surface area contributed by atoms with Crippen LogP contribution < -0.4 is 0 Å². The molecule has 0 fully saturated rings. The molecule has 0 N–H and O–H groups in total. The predicted molar refractivity (Wildman–Crippen MR) is 89.4 cm³/mol. The van der Waals surface area contributed by atoms with E-state index in [2.05, 4.69) is 0 Å². The molecule has 0 saturated carbocycles. The molecule has 1 aliphatic heterocycles. The van der Waals surface area contributed by atoms with E-state index in [9.17, 15) is 9.59 Å². The van der Waals surface area contributed by atoms with E-state index in [0.29, 0.717) is 16.8 Å². The summed E-state index contributed by atoms with van der Waals surface area (Å²) in [5, 5.41) is 2.12. The van der Waals surface area contributed by atoms with Gasteiger partial charge in [-0.05, 0) is 29.3 Å². The molecule has 0 saturated heterocycles. The highest BCUT2D eigenvalue weighted by atomic mass is 16.5. The first-order valence-corrected chi connectivity index (χ1v) is 7.31. The lowest BCUT2D eigenvalue weighted by atomic mass is 9.99. The number of carbonyl (C=O) groups excluding carboxylic acids is 2. The smallest absolute Gasteiger partial charge is 0.340 e. The molecule has 4 nitrogen and oxygen atoms in total. The van der Waals surface area contributed by atoms with E-state index in [1.807, 2.05) is 42.5 Å². The Morgan fingerprint density at radius 2 is 1.83 bits per heavy atom. The van der Waals surface area contributed by atoms with Crippen LogP contribution in [-0.4, -0.2) is 30.9 Å². The van der Waals surface area contributed by atoms with Gasteiger partial charge in [0.25, 0.3) is 5.91 Å². The van der Waals surface area contributed by atoms with E-state index in [-0.39, 0.29) is 5.91 Å². The number of rotatable bonds is 2. The minimum Gasteiger partial charge on any atom is -0.465 e. The summed E-state index contributed by atoms with van der Waals surface area (Å²) in [5.74, 6) is -0.692. The molecule has 0 unspecified atom stereocenters. The zero-order valence-electron chi connectivity index (χ0n) is 13.3. The summed E-state index contributed by atoms with van der Waals surface area (Å²) < 4.78 is 4.84. The lowest BCUT2D eigenvalue weighted by molar-refractivity contribution is -0.136. The third kappa shape index (κ3) is 2.42. The van der Waals surface area contributed by atoms with Gasteiger partial charge in [-0.1, -0.05) is 42.5 Å². The number of hydrogen-bond donors (Lipinski definition) is 0. The average molecular weight is 307 g/mol. The van der Waals surface area contributed by atoms with Crippen molar-refractivity contribution < 1.29 is 14.3 Å². The van der Waals surface area contributed by atoms with E-state index in [0.717, 1.165) is 16.3 Å². The minimum atomic E-state index is -0.494. The monoisotopic (exact) mass is 307 g/mol. The van der Waals surface area contributed by atoms with Gasteiger partial charge in [-0.15, -0.1) is 0 Å². The maximum atomic E-state index is 12.5. The first-order valence-electron chi connectivity index (χ1n) is 7.31. The second kappa shape index (κ2) is 5.72. The van der Waals surface area contributed by atoms with E-state index >= 15 is 0 Å². The molecule has 3 rings (SSSR count). The zero-order chi connectivity index (χ0) is 16.6. The summed E-state index contributed by atoms with van der Waals surface area (Å²) in [5.41, 5.74) is 2.20. The summed E-state index contributed by atoms with van der Waals surface area (Å²) in [6.45, 7) is 1.74. The molecule has 0 bridgehead atoms. The van der Waals surface area contributed by atoms with E-state index < -0.39 is 5.97 Å². The van der Waals surface area contributed by atoms with Gasteiger partial charge >= 0.3 is 5.97 Å². The number of benzene rings is 2. The van der Waals surface area contributed by atoms with Crippen molar-refractivity contribution in [3.63, 3.8) is 0 Å². The first-order chi connectivity index (χ1) is 11.0. The fourth-order valence-electron chi connectivity index (χ4n) is 2.83. The Bertz CT molecular complexity index is 872. The number of likely N-dealkylation sites (N-methyl/N-ethyl adjacent to an activating group) is 1. The lowest BCUT2D eigenvalue weighted by Crippen LogP contribution is -2.19. The largest absolute Gasteiger partial charge is 0.465 e. The molecular weight excluding hydrogens is 290 g/mol. The third-order valence-electron chi connectivity index (χ3n) is 4.18. The van der Waals surface area contributed by atoms with Crippen molar-refractivity contribution in [2.24, 2.45) is 0 Å². The molecule has 2 aromatic carbocycles. The van der Waals surface area contributed by atoms with Crippen LogP contribution in [0.4, 0.5) is 0 Å². The fourth-order valence-corrected chi connectivity index (χ4v) is 2.83. The van der Waals surface area contributed by atoms with Gasteiger partial charge in [0, 0.05) is 12.7 Å². The Labute approximate surface area is 134 Å². The van der Waals surface area contributed by atoms with Crippen molar-refractivity contribution in [1.82, 2.24) is 4.90 Å². The zero-order valence-corrected chi connectivity index (χ0v) is 13.3. The Hall–Kier alpha value is -2.88. The Balaban J connectivity index is 2.20. The van der Waals surface area contributed by atoms with E-state index in [4.69, 9.17) is 4.74 Å². The maximum Gasteiger partial charge on any atom is 0.340 e. The lowest BCUT2D eigenvalue weighted by Gasteiger charge is -2.09. The van der Waals surface area contributed by atoms with Crippen LogP contribution in [0, 0.1) is 0 Å². The highest BCUT2D eigenvalue weighted by Crippen LogP contribution is 2.31. The number of hydrogen-bond acceptors (Lipinski definition) is 3. The molecule has 1 heterocycles. The van der Waals surface area contributed by atoms with Gasteiger partial charge in [0.05, 0.1) is 18.3 Å². The number of methoxy groups -OCH3 is 1. The van der Waals surface area contributed by atoms with E-state index in [1.54, 1.807) is 20.0 Å². The molecule has 4 heteroatoms. The normalized spacial score (nSPS) is 16.6. The van der Waals surface area contributed by atoms with Crippen LogP contribution in [0.2, 0.25) is 0 Å². The molecule has 23 heavy (non-hydrogen) atoms. The van der Waals surface area contributed by atoms with Gasteiger partial charge in [-0.2, -0.15) is 0 Å². The van der Waals surface area contributed by atoms with Gasteiger partial charge < -0.3 is 9.64 Å². The standard InChI is InChI=1S/C19H17NO3/c1-12-17(19(22)23-3)16(18(21)20(12)2)11-14-9-6-8-13-7-4-5-10-15(13)14/h4-11H,1-3H3/b16-11+. The molecule has 0 aliphatic carbocycles. The SMILES string of the molecule is COC(=O)C1=C(C)N(C)C(=O)/C1=C/c1cccc2ccccc12. The number of carbonyl (C=O) groups is 2. The Morgan fingerprint density at radius 1 is 1.13 bits per heavy atom. The third-order valence-corrected chi connectivity index (χ3v) is 4.18. The summed E-state index contributed by atoms with van der Waals surface area (Å²) >= 11 is 0. The molecule has 0 atom stereocenters. The van der Waals surface area contributed by atoms with Gasteiger partial charge in [0.1, 0.15) is 0 Å². The van der Waals surface area contributed by atoms with Crippen LogP contribution in [-0.2, 0) is 14.3 Å². The van der Waals surface area contributed by atoms with Gasteiger partial charge in [0.15, 0.2) is 0 Å². The number of esters is 1. The van der Waals surface area contributed by atoms with Crippen molar-refractivity contribution in [3.05, 3.63) is 64.9 Å². The topological polar surface area (TPSA) is 46.6 Å². The van der Waals surface area contributed by atoms with Crippen molar-refractivity contribution >= 4 is 28.7 Å². The summed E-state index contributed by atoms with van der Waals surface area (Å²) in [6.07, 6.45) is 1.77. The number of fused-ring (bicyclic) bond motifs is 1. The second-order valence-electron chi connectivity index (χ2n) is 5.44. The highest BCUT2D eigenvalue weighted by molar-refractivity contribution is 6.16. The van der Waals surface area contributed by atoms with E-state index in [1.165, 1.54) is 12.0 Å². The molecule has 2 aromatic rings. The van der Waals surface area contributed by atoms with Crippen LogP contribution in [0.1, 0.15) is 12.5 Å². The van der Waals surface area contributed by atoms with Gasteiger partial charge in [0.2, 0.25) is 0 Å². The molecule has 0 spiro atoms. The molecule has 0 radical (unpaired) electrons. The van der Waals surface area contributed by atoms with Gasteiger partial charge in [-0.25, -0.2) is 4.79 Å². The quantitative estimate of drug-likeness (QED) is 0.632. The van der Waals surface area contributed by atoms with Crippen molar-refractivity contribution in [1.29, 1.82) is 0 Å². The molecule has 1 aliphatic rings. The molecule has 116 valence electrons. The second-order valence-corrected chi connectivity index (χ2v) is 5.44. The van der Waals surface area contributed by atoms with Gasteiger partial charge in [-0.3, -0.25) is 4.79 Å². The van der Waals surface area contributed by atoms with Crippen LogP contribution in [0.5, 0.6) is 0 Å². The summed E-state index contributed by atoms with van der Waals surface area (Å²) in [6, 6.07) is 13.8. The van der Waals surface area contributed by atoms with Crippen molar-refractivity contribution in [2.75, 3.05) is 14.2 Å². The molecule has 0 aromatic heterocycles. The maximum absolute atomic E-state index is 12.5. The fraction of sp³-hybridized carbons (Fsp3) is 0.158. The first kappa shape index (κ1) is 15.0. The molecular formula is C19H17NO3. The number of amides is 1.